The van der Waals surface area contributed by atoms with E-state index in [2.05, 4.69) is 110 Å². The van der Waals surface area contributed by atoms with Gasteiger partial charge in [0.15, 0.2) is 14.7 Å². The molecule has 0 N–H and O–H groups in total. The molecule has 0 aromatic heterocycles. The molecule has 0 spiro atoms. The van der Waals surface area contributed by atoms with Crippen molar-refractivity contribution in [3.63, 3.8) is 0 Å². The average molecular weight is 431 g/mol. The Morgan fingerprint density at radius 1 is 0.724 bits per heavy atom. The fraction of sp³-hybridized carbons (Fsp3) is 0.217. The molecule has 6 heteroatoms. The van der Waals surface area contributed by atoms with Crippen LogP contribution in [0.15, 0.2) is 99.6 Å². The lowest BCUT2D eigenvalue weighted by Crippen LogP contribution is -2.11. The molecule has 0 aliphatic carbocycles. The van der Waals surface area contributed by atoms with Crippen molar-refractivity contribution in [2.45, 2.75) is 40.9 Å². The summed E-state index contributed by atoms with van der Waals surface area (Å²) in [5.41, 5.74) is 1.57. The third kappa shape index (κ3) is 7.33. The maximum atomic E-state index is 9.22. The van der Waals surface area contributed by atoms with E-state index in [-0.39, 0.29) is 16.3 Å². The van der Waals surface area contributed by atoms with Crippen molar-refractivity contribution >= 4 is 21.3 Å². The number of hydrogen-bond donors (Lipinski definition) is 0. The third-order valence-corrected chi connectivity index (χ3v) is 6.76. The predicted octanol–water partition coefficient (Wildman–Crippen LogP) is 5.17. The molecule has 154 valence electrons. The van der Waals surface area contributed by atoms with E-state index >= 15 is 0 Å². The Balaban J connectivity index is 0.000000438. The Hall–Kier alpha value is -2.12. The fourth-order valence-corrected chi connectivity index (χ4v) is 4.70. The molecule has 0 bridgehead atoms. The topological polar surface area (TPSA) is 66.4 Å². The van der Waals surface area contributed by atoms with Gasteiger partial charge in [0.05, 0.1) is 18.0 Å². The van der Waals surface area contributed by atoms with Gasteiger partial charge in [0.1, 0.15) is 0 Å². The van der Waals surface area contributed by atoms with E-state index in [4.69, 9.17) is 0 Å². The SMILES string of the molecule is CC(C)(C)c1ccc([S+](c2ccccc2)c2ccccc2)cc1.COS(=O)(=O)[O-]. The molecule has 3 aromatic rings. The summed E-state index contributed by atoms with van der Waals surface area (Å²) in [6.07, 6.45) is 0. The number of rotatable bonds is 4. The van der Waals surface area contributed by atoms with Gasteiger partial charge in [-0.2, -0.15) is 0 Å². The van der Waals surface area contributed by atoms with Crippen LogP contribution in [0.5, 0.6) is 0 Å². The minimum absolute atomic E-state index is 0.0497. The van der Waals surface area contributed by atoms with Gasteiger partial charge in [-0.25, -0.2) is 8.42 Å². The molecule has 3 aromatic carbocycles. The zero-order valence-electron chi connectivity index (χ0n) is 17.0. The van der Waals surface area contributed by atoms with E-state index in [1.165, 1.54) is 20.2 Å². The molecule has 0 radical (unpaired) electrons. The highest BCUT2D eigenvalue weighted by Crippen LogP contribution is 2.32. The summed E-state index contributed by atoms with van der Waals surface area (Å²) in [5, 5.41) is 0. The zero-order chi connectivity index (χ0) is 21.5. The van der Waals surface area contributed by atoms with Gasteiger partial charge in [-0.15, -0.1) is 0 Å². The predicted molar refractivity (Wildman–Crippen MR) is 117 cm³/mol. The molecule has 0 saturated heterocycles. The van der Waals surface area contributed by atoms with Gasteiger partial charge in [0.25, 0.3) is 0 Å². The van der Waals surface area contributed by atoms with Crippen LogP contribution in [0.1, 0.15) is 26.3 Å². The van der Waals surface area contributed by atoms with Crippen molar-refractivity contribution < 1.29 is 17.2 Å². The maximum absolute atomic E-state index is 9.22. The van der Waals surface area contributed by atoms with Crippen LogP contribution in [0, 0.1) is 0 Å². The first-order valence-corrected chi connectivity index (χ1v) is 11.6. The van der Waals surface area contributed by atoms with E-state index in [9.17, 15) is 13.0 Å². The molecule has 0 aliphatic rings. The molecular weight excluding hydrogens is 404 g/mol. The lowest BCUT2D eigenvalue weighted by molar-refractivity contribution is 0.314. The molecular formula is C23H26O4S2. The normalized spacial score (nSPS) is 11.7. The van der Waals surface area contributed by atoms with E-state index in [0.717, 1.165) is 7.11 Å². The fourth-order valence-electron chi connectivity index (χ4n) is 2.61. The van der Waals surface area contributed by atoms with Crippen molar-refractivity contribution in [2.75, 3.05) is 7.11 Å². The van der Waals surface area contributed by atoms with Crippen LogP contribution in [0.2, 0.25) is 0 Å². The molecule has 0 heterocycles. The van der Waals surface area contributed by atoms with E-state index in [1.807, 2.05) is 0 Å². The zero-order valence-corrected chi connectivity index (χ0v) is 18.7. The minimum atomic E-state index is -4.41. The molecule has 0 unspecified atom stereocenters. The van der Waals surface area contributed by atoms with Gasteiger partial charge in [-0.1, -0.05) is 69.3 Å². The van der Waals surface area contributed by atoms with Crippen molar-refractivity contribution in [3.8, 4) is 0 Å². The smallest absolute Gasteiger partial charge is 0.217 e. The summed E-state index contributed by atoms with van der Waals surface area (Å²) in [6, 6.07) is 30.7. The molecule has 0 saturated carbocycles. The second kappa shape index (κ2) is 10.1. The van der Waals surface area contributed by atoms with Gasteiger partial charge >= 0.3 is 0 Å². The van der Waals surface area contributed by atoms with E-state index in [0.29, 0.717) is 0 Å². The largest absolute Gasteiger partial charge is 0.726 e. The second-order valence-corrected chi connectivity index (χ2v) is 10.5. The van der Waals surface area contributed by atoms with Crippen LogP contribution in [0.25, 0.3) is 0 Å². The van der Waals surface area contributed by atoms with E-state index in [1.54, 1.807) is 0 Å². The van der Waals surface area contributed by atoms with Gasteiger partial charge in [0, 0.05) is 0 Å². The first-order chi connectivity index (χ1) is 13.6. The minimum Gasteiger partial charge on any atom is -0.726 e. The summed E-state index contributed by atoms with van der Waals surface area (Å²) in [5.74, 6) is 0. The molecule has 29 heavy (non-hydrogen) atoms. The van der Waals surface area contributed by atoms with Crippen molar-refractivity contribution in [1.82, 2.24) is 0 Å². The average Bonchev–Trinajstić information content (AvgIpc) is 2.70. The summed E-state index contributed by atoms with van der Waals surface area (Å²) in [7, 11) is -3.65. The first-order valence-electron chi connectivity index (χ1n) is 9.08. The third-order valence-electron chi connectivity index (χ3n) is 4.12. The Kier molecular flexibility index (Phi) is 8.05. The van der Waals surface area contributed by atoms with Crippen LogP contribution in [0.3, 0.4) is 0 Å². The standard InChI is InChI=1S/C22H23S.CH4O4S/c1-22(2,3)18-14-16-21(17-15-18)23(19-10-6-4-7-11-19)20-12-8-5-9-13-20;1-5-6(2,3)4/h4-17H,1-3H3;1H3,(H,2,3,4)/q+1;/p-1. The monoisotopic (exact) mass is 430 g/mol. The van der Waals surface area contributed by atoms with Crippen molar-refractivity contribution in [1.29, 1.82) is 0 Å². The highest BCUT2D eigenvalue weighted by Gasteiger charge is 2.28. The summed E-state index contributed by atoms with van der Waals surface area (Å²) in [6.45, 7) is 6.78. The summed E-state index contributed by atoms with van der Waals surface area (Å²) >= 11 is 0. The van der Waals surface area contributed by atoms with Crippen LogP contribution < -0.4 is 0 Å². The Bertz CT molecular complexity index is 939. The molecule has 4 nitrogen and oxygen atoms in total. The Morgan fingerprint density at radius 3 is 1.38 bits per heavy atom. The van der Waals surface area contributed by atoms with Gasteiger partial charge in [-0.3, -0.25) is 4.18 Å². The van der Waals surface area contributed by atoms with Crippen molar-refractivity contribution in [2.24, 2.45) is 0 Å². The number of benzene rings is 3. The van der Waals surface area contributed by atoms with Crippen LogP contribution in [-0.4, -0.2) is 20.1 Å². The summed E-state index contributed by atoms with van der Waals surface area (Å²) in [4.78, 5) is 4.10. The molecule has 3 rings (SSSR count). The highest BCUT2D eigenvalue weighted by molar-refractivity contribution is 7.97. The van der Waals surface area contributed by atoms with Crippen LogP contribution in [-0.2, 0) is 30.9 Å². The van der Waals surface area contributed by atoms with E-state index < -0.39 is 10.4 Å². The van der Waals surface area contributed by atoms with Crippen molar-refractivity contribution in [3.05, 3.63) is 90.5 Å². The van der Waals surface area contributed by atoms with Gasteiger partial charge in [-0.05, 0) is 47.4 Å². The lowest BCUT2D eigenvalue weighted by Gasteiger charge is -2.19. The maximum Gasteiger partial charge on any atom is 0.217 e. The highest BCUT2D eigenvalue weighted by atomic mass is 32.3. The number of hydrogen-bond acceptors (Lipinski definition) is 4. The molecule has 0 amide bonds. The van der Waals surface area contributed by atoms with Gasteiger partial charge in [0.2, 0.25) is 10.4 Å². The van der Waals surface area contributed by atoms with Crippen LogP contribution in [0.4, 0.5) is 0 Å². The second-order valence-electron chi connectivity index (χ2n) is 7.28. The first kappa shape index (κ1) is 23.2. The molecule has 0 aliphatic heterocycles. The molecule has 0 fully saturated rings. The van der Waals surface area contributed by atoms with Gasteiger partial charge < -0.3 is 4.55 Å². The summed E-state index contributed by atoms with van der Waals surface area (Å²) < 4.78 is 31.0. The Labute approximate surface area is 176 Å². The lowest BCUT2D eigenvalue weighted by atomic mass is 9.87. The molecule has 0 atom stereocenters. The quantitative estimate of drug-likeness (QED) is 0.325. The Morgan fingerprint density at radius 2 is 1.07 bits per heavy atom. The van der Waals surface area contributed by atoms with Crippen LogP contribution >= 0.6 is 0 Å².